The van der Waals surface area contributed by atoms with Crippen LogP contribution < -0.4 is 5.56 Å². The fourth-order valence-corrected chi connectivity index (χ4v) is 5.36. The number of hydrogen-bond donors (Lipinski definition) is 0. The Kier molecular flexibility index (Phi) is 6.02. The quantitative estimate of drug-likeness (QED) is 0.230. The van der Waals surface area contributed by atoms with Gasteiger partial charge in [0, 0.05) is 39.1 Å². The molecule has 1 saturated carbocycles. The van der Waals surface area contributed by atoms with Crippen molar-refractivity contribution < 1.29 is 0 Å². The Hall–Kier alpha value is -2.99. The Labute approximate surface area is 201 Å². The van der Waals surface area contributed by atoms with Crippen LogP contribution in [0.15, 0.2) is 69.5 Å². The smallest absolute Gasteiger partial charge is 0.282 e. The third-order valence-corrected chi connectivity index (χ3v) is 7.19. The molecular weight excluding hydrogens is 476 g/mol. The van der Waals surface area contributed by atoms with E-state index >= 15 is 0 Å². The summed E-state index contributed by atoms with van der Waals surface area (Å²) in [6.45, 7) is 6.72. The standard InChI is InChI=1S/C27H27BrN4O/c1-3-15-31-18(2)23(21-11-7-8-12-25(21)31)17-29-32-26(19-9-5-4-6-10-19)30-24-14-13-20(28)16-22(24)27(32)33/h3,7-8,11-14,16-17,19H,1,4-6,9-10,15H2,2H3. The highest BCUT2D eigenvalue weighted by molar-refractivity contribution is 9.10. The van der Waals surface area contributed by atoms with Gasteiger partial charge in [0.1, 0.15) is 5.82 Å². The van der Waals surface area contributed by atoms with E-state index < -0.39 is 0 Å². The van der Waals surface area contributed by atoms with E-state index in [2.05, 4.69) is 46.1 Å². The van der Waals surface area contributed by atoms with Crippen molar-refractivity contribution in [3.63, 3.8) is 0 Å². The van der Waals surface area contributed by atoms with E-state index in [4.69, 9.17) is 10.1 Å². The molecule has 2 heterocycles. The van der Waals surface area contributed by atoms with Gasteiger partial charge in [-0.15, -0.1) is 6.58 Å². The minimum Gasteiger partial charge on any atom is -0.340 e. The summed E-state index contributed by atoms with van der Waals surface area (Å²) in [6, 6.07) is 14.0. The molecule has 2 aromatic carbocycles. The molecule has 0 spiro atoms. The summed E-state index contributed by atoms with van der Waals surface area (Å²) >= 11 is 3.49. The van der Waals surface area contributed by atoms with Crippen molar-refractivity contribution in [1.29, 1.82) is 0 Å². The number of rotatable bonds is 5. The maximum Gasteiger partial charge on any atom is 0.282 e. The number of nitrogens with zero attached hydrogens (tertiary/aromatic N) is 4. The van der Waals surface area contributed by atoms with Gasteiger partial charge in [-0.05, 0) is 44.0 Å². The van der Waals surface area contributed by atoms with Crippen LogP contribution >= 0.6 is 15.9 Å². The zero-order valence-corrected chi connectivity index (χ0v) is 20.4. The molecule has 1 fully saturated rings. The SMILES string of the molecule is C=CCn1c(C)c(C=Nn2c(C3CCCCC3)nc3ccc(Br)cc3c2=O)c2ccccc21. The zero-order valence-electron chi connectivity index (χ0n) is 18.8. The number of halogens is 1. The van der Waals surface area contributed by atoms with Crippen molar-refractivity contribution in [3.8, 4) is 0 Å². The normalized spacial score (nSPS) is 15.1. The highest BCUT2D eigenvalue weighted by atomic mass is 79.9. The van der Waals surface area contributed by atoms with Gasteiger partial charge in [0.25, 0.3) is 5.56 Å². The van der Waals surface area contributed by atoms with Crippen LogP contribution in [0.2, 0.25) is 0 Å². The van der Waals surface area contributed by atoms with Gasteiger partial charge in [0.2, 0.25) is 0 Å². The molecule has 0 aliphatic heterocycles. The maximum atomic E-state index is 13.6. The largest absolute Gasteiger partial charge is 0.340 e. The van der Waals surface area contributed by atoms with Crippen LogP contribution in [0.3, 0.4) is 0 Å². The third kappa shape index (κ3) is 3.97. The first-order chi connectivity index (χ1) is 16.1. The Balaban J connectivity index is 1.70. The lowest BCUT2D eigenvalue weighted by Crippen LogP contribution is -2.25. The fraction of sp³-hybridized carbons (Fsp3) is 0.296. The first kappa shape index (κ1) is 21.8. The first-order valence-electron chi connectivity index (χ1n) is 11.5. The molecule has 0 radical (unpaired) electrons. The number of aromatic nitrogens is 3. The lowest BCUT2D eigenvalue weighted by atomic mass is 9.88. The lowest BCUT2D eigenvalue weighted by molar-refractivity contribution is 0.416. The van der Waals surface area contributed by atoms with Crippen LogP contribution in [0, 0.1) is 6.92 Å². The molecule has 4 aromatic rings. The van der Waals surface area contributed by atoms with Gasteiger partial charge in [-0.1, -0.05) is 59.5 Å². The van der Waals surface area contributed by atoms with Gasteiger partial charge >= 0.3 is 0 Å². The van der Waals surface area contributed by atoms with Crippen LogP contribution in [-0.2, 0) is 6.54 Å². The molecule has 1 aliphatic rings. The predicted molar refractivity (Wildman–Crippen MR) is 139 cm³/mol. The van der Waals surface area contributed by atoms with Gasteiger partial charge in [-0.25, -0.2) is 4.98 Å². The number of para-hydroxylation sites is 1. The fourth-order valence-electron chi connectivity index (χ4n) is 5.00. The van der Waals surface area contributed by atoms with Gasteiger partial charge in [-0.3, -0.25) is 4.79 Å². The molecule has 2 aromatic heterocycles. The molecule has 5 nitrogen and oxygen atoms in total. The van der Waals surface area contributed by atoms with E-state index in [1.807, 2.05) is 42.6 Å². The molecule has 0 amide bonds. The number of allylic oxidation sites excluding steroid dienone is 1. The van der Waals surface area contributed by atoms with E-state index in [1.165, 1.54) is 6.42 Å². The van der Waals surface area contributed by atoms with E-state index in [1.54, 1.807) is 4.68 Å². The Morgan fingerprint density at radius 1 is 1.15 bits per heavy atom. The molecular formula is C27H27BrN4O. The van der Waals surface area contributed by atoms with E-state index in [9.17, 15) is 4.79 Å². The molecule has 0 bridgehead atoms. The summed E-state index contributed by atoms with van der Waals surface area (Å²) in [5, 5.41) is 6.47. The summed E-state index contributed by atoms with van der Waals surface area (Å²) < 4.78 is 4.63. The topological polar surface area (TPSA) is 52.2 Å². The third-order valence-electron chi connectivity index (χ3n) is 6.70. The zero-order chi connectivity index (χ0) is 22.9. The van der Waals surface area contributed by atoms with E-state index in [0.717, 1.165) is 70.2 Å². The van der Waals surface area contributed by atoms with Crippen LogP contribution in [0.5, 0.6) is 0 Å². The van der Waals surface area contributed by atoms with Gasteiger partial charge in [0.05, 0.1) is 17.1 Å². The molecule has 1 aliphatic carbocycles. The number of benzene rings is 2. The summed E-state index contributed by atoms with van der Waals surface area (Å²) in [5.74, 6) is 1.03. The van der Waals surface area contributed by atoms with Crippen LogP contribution in [-0.4, -0.2) is 20.4 Å². The van der Waals surface area contributed by atoms with Gasteiger partial charge < -0.3 is 4.57 Å². The average molecular weight is 503 g/mol. The summed E-state index contributed by atoms with van der Waals surface area (Å²) in [7, 11) is 0. The second-order valence-electron chi connectivity index (χ2n) is 8.74. The second kappa shape index (κ2) is 9.10. The van der Waals surface area contributed by atoms with E-state index in [0.29, 0.717) is 5.39 Å². The molecule has 0 saturated heterocycles. The second-order valence-corrected chi connectivity index (χ2v) is 9.66. The number of hydrogen-bond acceptors (Lipinski definition) is 3. The van der Waals surface area contributed by atoms with Crippen molar-refractivity contribution >= 4 is 44.0 Å². The van der Waals surface area contributed by atoms with Crippen molar-refractivity contribution in [2.75, 3.05) is 0 Å². The van der Waals surface area contributed by atoms with Crippen LogP contribution in [0.1, 0.15) is 55.1 Å². The summed E-state index contributed by atoms with van der Waals surface area (Å²) in [5.41, 5.74) is 3.86. The molecule has 0 unspecified atom stereocenters. The van der Waals surface area contributed by atoms with Crippen LogP contribution in [0.4, 0.5) is 0 Å². The van der Waals surface area contributed by atoms with Crippen molar-refractivity contribution in [1.82, 2.24) is 14.2 Å². The van der Waals surface area contributed by atoms with Crippen LogP contribution in [0.25, 0.3) is 21.8 Å². The Bertz CT molecular complexity index is 1440. The van der Waals surface area contributed by atoms with E-state index in [-0.39, 0.29) is 11.5 Å². The minimum atomic E-state index is -0.120. The summed E-state index contributed by atoms with van der Waals surface area (Å²) in [6.07, 6.45) is 9.39. The molecule has 5 rings (SSSR count). The highest BCUT2D eigenvalue weighted by Crippen LogP contribution is 2.32. The highest BCUT2D eigenvalue weighted by Gasteiger charge is 2.23. The first-order valence-corrected chi connectivity index (χ1v) is 12.3. The number of fused-ring (bicyclic) bond motifs is 2. The predicted octanol–water partition coefficient (Wildman–Crippen LogP) is 6.54. The lowest BCUT2D eigenvalue weighted by Gasteiger charge is -2.22. The Morgan fingerprint density at radius 3 is 2.73 bits per heavy atom. The molecule has 0 atom stereocenters. The van der Waals surface area contributed by atoms with Crippen molar-refractivity contribution in [2.45, 2.75) is 51.5 Å². The monoisotopic (exact) mass is 502 g/mol. The maximum absolute atomic E-state index is 13.6. The van der Waals surface area contributed by atoms with Crippen molar-refractivity contribution in [2.24, 2.45) is 5.10 Å². The molecule has 0 N–H and O–H groups in total. The summed E-state index contributed by atoms with van der Waals surface area (Å²) in [4.78, 5) is 18.5. The molecule has 168 valence electrons. The minimum absolute atomic E-state index is 0.120. The molecule has 6 heteroatoms. The van der Waals surface area contributed by atoms with Crippen molar-refractivity contribution in [3.05, 3.63) is 87.0 Å². The van der Waals surface area contributed by atoms with Gasteiger partial charge in [-0.2, -0.15) is 9.78 Å². The van der Waals surface area contributed by atoms with Gasteiger partial charge in [0.15, 0.2) is 0 Å². The Morgan fingerprint density at radius 2 is 1.94 bits per heavy atom. The molecule has 33 heavy (non-hydrogen) atoms. The average Bonchev–Trinajstić information content (AvgIpc) is 3.10.